The van der Waals surface area contributed by atoms with Crippen LogP contribution < -0.4 is 4.74 Å². The second kappa shape index (κ2) is 6.96. The molecular weight excluding hydrogens is 434 g/mol. The Balaban J connectivity index is 1.72. The van der Waals surface area contributed by atoms with Crippen LogP contribution in [0.3, 0.4) is 0 Å². The molecule has 2 aromatic carbocycles. The molecule has 0 fully saturated rings. The number of aromatic nitrogens is 3. The van der Waals surface area contributed by atoms with Crippen molar-refractivity contribution in [1.82, 2.24) is 15.0 Å². The standard InChI is InChI=1S/C22H16BrN3OS/c1-27-14-8-6-13(7-9-14)20-21(16-12-24-17-5-3-2-4-15(16)17)26-22(25-20)18-10-11-19(23)28-18/h2-12,24H,1H3,(H,25,26). The van der Waals surface area contributed by atoms with Gasteiger partial charge in [0.2, 0.25) is 0 Å². The van der Waals surface area contributed by atoms with Gasteiger partial charge in [-0.25, -0.2) is 4.98 Å². The van der Waals surface area contributed by atoms with Crippen LogP contribution in [0.1, 0.15) is 0 Å². The largest absolute Gasteiger partial charge is 0.497 e. The highest BCUT2D eigenvalue weighted by Gasteiger charge is 2.18. The summed E-state index contributed by atoms with van der Waals surface area (Å²) in [4.78, 5) is 13.0. The third-order valence-electron chi connectivity index (χ3n) is 4.73. The quantitative estimate of drug-likeness (QED) is 0.319. The Bertz CT molecular complexity index is 1270. The van der Waals surface area contributed by atoms with E-state index in [0.717, 1.165) is 48.3 Å². The number of ether oxygens (including phenoxy) is 1. The number of fused-ring (bicyclic) bond motifs is 1. The van der Waals surface area contributed by atoms with Gasteiger partial charge in [-0.05, 0) is 58.4 Å². The first-order valence-corrected chi connectivity index (χ1v) is 10.4. The van der Waals surface area contributed by atoms with E-state index in [1.165, 1.54) is 5.39 Å². The second-order valence-corrected chi connectivity index (χ2v) is 8.85. The van der Waals surface area contributed by atoms with Gasteiger partial charge >= 0.3 is 0 Å². The number of halogens is 1. The maximum Gasteiger partial charge on any atom is 0.148 e. The van der Waals surface area contributed by atoms with E-state index >= 15 is 0 Å². The van der Waals surface area contributed by atoms with Gasteiger partial charge in [0, 0.05) is 28.2 Å². The second-order valence-electron chi connectivity index (χ2n) is 6.39. The highest BCUT2D eigenvalue weighted by Crippen LogP contribution is 2.38. The van der Waals surface area contributed by atoms with Gasteiger partial charge in [0.1, 0.15) is 11.6 Å². The van der Waals surface area contributed by atoms with Crippen molar-refractivity contribution in [3.63, 3.8) is 0 Å². The summed E-state index contributed by atoms with van der Waals surface area (Å²) in [6, 6.07) is 20.4. The molecule has 3 aromatic heterocycles. The molecule has 5 aromatic rings. The molecule has 0 spiro atoms. The van der Waals surface area contributed by atoms with Crippen molar-refractivity contribution in [2.24, 2.45) is 0 Å². The topological polar surface area (TPSA) is 53.7 Å². The zero-order valence-electron chi connectivity index (χ0n) is 15.0. The number of imidazole rings is 1. The van der Waals surface area contributed by atoms with Crippen LogP contribution in [0.25, 0.3) is 44.1 Å². The molecule has 5 rings (SSSR count). The maximum absolute atomic E-state index is 5.31. The van der Waals surface area contributed by atoms with Crippen molar-refractivity contribution < 1.29 is 4.74 Å². The summed E-state index contributed by atoms with van der Waals surface area (Å²) in [5.74, 6) is 1.69. The summed E-state index contributed by atoms with van der Waals surface area (Å²) in [5.41, 5.74) is 5.18. The van der Waals surface area contributed by atoms with Crippen LogP contribution in [0.15, 0.2) is 70.6 Å². The first kappa shape index (κ1) is 17.3. The predicted octanol–water partition coefficient (Wildman–Crippen LogP) is 6.72. The lowest BCUT2D eigenvalue weighted by Crippen LogP contribution is -1.85. The lowest BCUT2D eigenvalue weighted by atomic mass is 10.0. The Morgan fingerprint density at radius 2 is 1.82 bits per heavy atom. The Morgan fingerprint density at radius 3 is 2.57 bits per heavy atom. The van der Waals surface area contributed by atoms with Crippen LogP contribution in [-0.4, -0.2) is 22.1 Å². The van der Waals surface area contributed by atoms with Gasteiger partial charge in [0.25, 0.3) is 0 Å². The third kappa shape index (κ3) is 2.95. The smallest absolute Gasteiger partial charge is 0.148 e. The first-order valence-electron chi connectivity index (χ1n) is 8.79. The Labute approximate surface area is 174 Å². The Kier molecular flexibility index (Phi) is 4.30. The summed E-state index contributed by atoms with van der Waals surface area (Å²) in [5, 5.41) is 1.17. The van der Waals surface area contributed by atoms with Crippen LogP contribution in [0.5, 0.6) is 5.75 Å². The van der Waals surface area contributed by atoms with Gasteiger partial charge in [-0.1, -0.05) is 18.2 Å². The maximum atomic E-state index is 5.31. The highest BCUT2D eigenvalue weighted by molar-refractivity contribution is 9.11. The molecular formula is C22H16BrN3OS. The molecule has 6 heteroatoms. The van der Waals surface area contributed by atoms with Gasteiger partial charge in [-0.2, -0.15) is 0 Å². The number of thiophene rings is 1. The van der Waals surface area contributed by atoms with Crippen molar-refractivity contribution in [2.45, 2.75) is 0 Å². The van der Waals surface area contributed by atoms with Crippen molar-refractivity contribution in [3.05, 3.63) is 70.6 Å². The van der Waals surface area contributed by atoms with E-state index in [4.69, 9.17) is 9.72 Å². The van der Waals surface area contributed by atoms with Crippen LogP contribution in [0, 0.1) is 0 Å². The number of methoxy groups -OCH3 is 1. The lowest BCUT2D eigenvalue weighted by molar-refractivity contribution is 0.415. The molecule has 0 aliphatic carbocycles. The number of rotatable bonds is 4. The highest BCUT2D eigenvalue weighted by atomic mass is 79.9. The summed E-state index contributed by atoms with van der Waals surface area (Å²) < 4.78 is 6.39. The number of nitrogens with one attached hydrogen (secondary N) is 2. The van der Waals surface area contributed by atoms with E-state index in [2.05, 4.69) is 50.2 Å². The average molecular weight is 450 g/mol. The lowest BCUT2D eigenvalue weighted by Gasteiger charge is -2.04. The average Bonchev–Trinajstić information content (AvgIpc) is 3.45. The molecule has 0 radical (unpaired) electrons. The van der Waals surface area contributed by atoms with Crippen molar-refractivity contribution in [2.75, 3.05) is 7.11 Å². The molecule has 0 saturated heterocycles. The molecule has 0 amide bonds. The molecule has 0 bridgehead atoms. The molecule has 3 heterocycles. The fourth-order valence-electron chi connectivity index (χ4n) is 3.36. The molecule has 0 saturated carbocycles. The monoisotopic (exact) mass is 449 g/mol. The van der Waals surface area contributed by atoms with E-state index in [1.807, 2.05) is 42.6 Å². The van der Waals surface area contributed by atoms with E-state index < -0.39 is 0 Å². The number of H-pyrrole nitrogens is 2. The van der Waals surface area contributed by atoms with Gasteiger partial charge in [-0.3, -0.25) is 0 Å². The molecule has 0 aliphatic rings. The molecule has 4 nitrogen and oxygen atoms in total. The summed E-state index contributed by atoms with van der Waals surface area (Å²) in [7, 11) is 1.67. The van der Waals surface area contributed by atoms with Gasteiger partial charge in [0.05, 0.1) is 27.2 Å². The van der Waals surface area contributed by atoms with Crippen LogP contribution in [0.2, 0.25) is 0 Å². The number of benzene rings is 2. The fourth-order valence-corrected chi connectivity index (χ4v) is 4.69. The summed E-state index contributed by atoms with van der Waals surface area (Å²) in [6.45, 7) is 0. The van der Waals surface area contributed by atoms with Crippen molar-refractivity contribution in [3.8, 4) is 39.0 Å². The molecule has 138 valence electrons. The van der Waals surface area contributed by atoms with E-state index in [-0.39, 0.29) is 0 Å². The van der Waals surface area contributed by atoms with Crippen molar-refractivity contribution in [1.29, 1.82) is 0 Å². The van der Waals surface area contributed by atoms with Crippen LogP contribution >= 0.6 is 27.3 Å². The number of para-hydroxylation sites is 1. The number of hydrogen-bond acceptors (Lipinski definition) is 3. The molecule has 2 N–H and O–H groups in total. The van der Waals surface area contributed by atoms with Gasteiger partial charge in [-0.15, -0.1) is 11.3 Å². The zero-order chi connectivity index (χ0) is 19.1. The van der Waals surface area contributed by atoms with E-state index in [1.54, 1.807) is 18.4 Å². The minimum Gasteiger partial charge on any atom is -0.497 e. The minimum absolute atomic E-state index is 0.829. The Hall–Kier alpha value is -2.83. The fraction of sp³-hybridized carbons (Fsp3) is 0.0455. The molecule has 0 aliphatic heterocycles. The van der Waals surface area contributed by atoms with E-state index in [0.29, 0.717) is 0 Å². The van der Waals surface area contributed by atoms with Gasteiger partial charge in [0.15, 0.2) is 0 Å². The van der Waals surface area contributed by atoms with Crippen LogP contribution in [-0.2, 0) is 0 Å². The summed E-state index contributed by atoms with van der Waals surface area (Å²) in [6.07, 6.45) is 2.04. The van der Waals surface area contributed by atoms with Crippen molar-refractivity contribution >= 4 is 38.2 Å². The number of aromatic amines is 2. The first-order chi connectivity index (χ1) is 13.7. The molecule has 28 heavy (non-hydrogen) atoms. The molecule has 0 atom stereocenters. The predicted molar refractivity (Wildman–Crippen MR) is 119 cm³/mol. The molecule has 0 unspecified atom stereocenters. The summed E-state index contributed by atoms with van der Waals surface area (Å²) >= 11 is 5.20. The zero-order valence-corrected chi connectivity index (χ0v) is 17.4. The third-order valence-corrected chi connectivity index (χ3v) is 6.36. The normalized spacial score (nSPS) is 11.2. The number of nitrogens with zero attached hydrogens (tertiary/aromatic N) is 1. The van der Waals surface area contributed by atoms with Gasteiger partial charge < -0.3 is 14.7 Å². The number of hydrogen-bond donors (Lipinski definition) is 2. The SMILES string of the molecule is COc1ccc(-c2nc(-c3ccc(Br)s3)[nH]c2-c2c[nH]c3ccccc23)cc1. The van der Waals surface area contributed by atoms with E-state index in [9.17, 15) is 0 Å². The van der Waals surface area contributed by atoms with Crippen LogP contribution in [0.4, 0.5) is 0 Å². The minimum atomic E-state index is 0.829. The Morgan fingerprint density at radius 1 is 1.00 bits per heavy atom.